The van der Waals surface area contributed by atoms with Gasteiger partial charge in [0.15, 0.2) is 0 Å². The fraction of sp³-hybridized carbons (Fsp3) is 0.600. The number of rotatable bonds is 3. The molecular weight excluding hydrogens is 242 g/mol. The van der Waals surface area contributed by atoms with E-state index in [2.05, 4.69) is 38.2 Å². The zero-order valence-electron chi connectivity index (χ0n) is 11.7. The van der Waals surface area contributed by atoms with Gasteiger partial charge in [-0.1, -0.05) is 24.6 Å². The van der Waals surface area contributed by atoms with E-state index < -0.39 is 10.8 Å². The molecular formula is C15H23NOS. The number of benzene rings is 1. The van der Waals surface area contributed by atoms with Crippen molar-refractivity contribution in [1.82, 2.24) is 5.32 Å². The Balaban J connectivity index is 2.22. The molecule has 0 bridgehead atoms. The first-order valence-electron chi connectivity index (χ1n) is 6.69. The SMILES string of the molecule is CNC1CCC(S(=O)c2ccc(C)cc2C)C1C. The molecule has 0 aromatic heterocycles. The first-order chi connectivity index (χ1) is 8.54. The summed E-state index contributed by atoms with van der Waals surface area (Å²) in [4.78, 5) is 1.02. The minimum atomic E-state index is -0.871. The van der Waals surface area contributed by atoms with Crippen molar-refractivity contribution >= 4 is 10.8 Å². The zero-order valence-corrected chi connectivity index (χ0v) is 12.5. The summed E-state index contributed by atoms with van der Waals surface area (Å²) in [5, 5.41) is 3.63. The summed E-state index contributed by atoms with van der Waals surface area (Å²) in [6.45, 7) is 6.37. The minimum absolute atomic E-state index is 0.295. The summed E-state index contributed by atoms with van der Waals surface area (Å²) in [5.74, 6) is 0.483. The van der Waals surface area contributed by atoms with Gasteiger partial charge in [0.1, 0.15) is 0 Å². The fourth-order valence-electron chi connectivity index (χ4n) is 3.03. The van der Waals surface area contributed by atoms with E-state index in [-0.39, 0.29) is 0 Å². The van der Waals surface area contributed by atoms with Crippen LogP contribution in [0.3, 0.4) is 0 Å². The van der Waals surface area contributed by atoms with Crippen LogP contribution in [0.1, 0.15) is 30.9 Å². The Labute approximate surface area is 113 Å². The van der Waals surface area contributed by atoms with E-state index in [0.717, 1.165) is 23.3 Å². The van der Waals surface area contributed by atoms with Crippen LogP contribution in [-0.4, -0.2) is 22.5 Å². The summed E-state index contributed by atoms with van der Waals surface area (Å²) in [7, 11) is 1.13. The van der Waals surface area contributed by atoms with Crippen LogP contribution in [0.2, 0.25) is 0 Å². The van der Waals surface area contributed by atoms with Crippen LogP contribution < -0.4 is 5.32 Å². The van der Waals surface area contributed by atoms with Crippen LogP contribution in [0.25, 0.3) is 0 Å². The zero-order chi connectivity index (χ0) is 13.3. The molecule has 0 radical (unpaired) electrons. The van der Waals surface area contributed by atoms with Crippen molar-refractivity contribution in [3.05, 3.63) is 29.3 Å². The lowest BCUT2D eigenvalue weighted by molar-refractivity contribution is 0.460. The maximum atomic E-state index is 12.7. The molecule has 2 rings (SSSR count). The van der Waals surface area contributed by atoms with Gasteiger partial charge in [-0.2, -0.15) is 0 Å². The minimum Gasteiger partial charge on any atom is -0.317 e. The lowest BCUT2D eigenvalue weighted by Crippen LogP contribution is -2.32. The Morgan fingerprint density at radius 1 is 1.28 bits per heavy atom. The third kappa shape index (κ3) is 2.52. The lowest BCUT2D eigenvalue weighted by atomic mass is 10.1. The van der Waals surface area contributed by atoms with Crippen LogP contribution in [0.4, 0.5) is 0 Å². The Kier molecular flexibility index (Phi) is 4.23. The molecule has 1 fully saturated rings. The first-order valence-corrected chi connectivity index (χ1v) is 7.91. The molecule has 1 aliphatic carbocycles. The van der Waals surface area contributed by atoms with E-state index in [1.165, 1.54) is 5.56 Å². The molecule has 3 heteroatoms. The fourth-order valence-corrected chi connectivity index (χ4v) is 4.86. The molecule has 0 saturated heterocycles. The van der Waals surface area contributed by atoms with Crippen molar-refractivity contribution in [2.24, 2.45) is 5.92 Å². The highest BCUT2D eigenvalue weighted by atomic mass is 32.2. The van der Waals surface area contributed by atoms with Gasteiger partial charge in [0.05, 0.1) is 10.8 Å². The summed E-state index contributed by atoms with van der Waals surface area (Å²) in [6, 6.07) is 6.75. The molecule has 4 atom stereocenters. The van der Waals surface area contributed by atoms with Gasteiger partial charge in [0.2, 0.25) is 0 Å². The summed E-state index contributed by atoms with van der Waals surface area (Å²) in [5.41, 5.74) is 2.40. The molecule has 0 heterocycles. The number of hydrogen-bond acceptors (Lipinski definition) is 2. The Hall–Kier alpha value is -0.670. The van der Waals surface area contributed by atoms with Gasteiger partial charge in [0.25, 0.3) is 0 Å². The van der Waals surface area contributed by atoms with Gasteiger partial charge in [-0.25, -0.2) is 0 Å². The van der Waals surface area contributed by atoms with E-state index in [1.54, 1.807) is 0 Å². The maximum Gasteiger partial charge on any atom is 0.0566 e. The smallest absolute Gasteiger partial charge is 0.0566 e. The quantitative estimate of drug-likeness (QED) is 0.910. The Morgan fingerprint density at radius 2 is 2.00 bits per heavy atom. The van der Waals surface area contributed by atoms with Gasteiger partial charge in [-0.15, -0.1) is 0 Å². The number of hydrogen-bond donors (Lipinski definition) is 1. The topological polar surface area (TPSA) is 29.1 Å². The molecule has 1 aromatic rings. The average Bonchev–Trinajstić information content (AvgIpc) is 2.69. The van der Waals surface area contributed by atoms with Gasteiger partial charge in [0, 0.05) is 16.2 Å². The van der Waals surface area contributed by atoms with Crippen molar-refractivity contribution in [3.63, 3.8) is 0 Å². The number of aryl methyl sites for hydroxylation is 2. The number of nitrogens with one attached hydrogen (secondary N) is 1. The molecule has 18 heavy (non-hydrogen) atoms. The highest BCUT2D eigenvalue weighted by Gasteiger charge is 2.36. The molecule has 100 valence electrons. The van der Waals surface area contributed by atoms with Gasteiger partial charge < -0.3 is 5.32 Å². The van der Waals surface area contributed by atoms with Crippen LogP contribution in [0, 0.1) is 19.8 Å². The van der Waals surface area contributed by atoms with E-state index in [1.807, 2.05) is 13.1 Å². The lowest BCUT2D eigenvalue weighted by Gasteiger charge is -2.20. The summed E-state index contributed by atoms with van der Waals surface area (Å²) in [6.07, 6.45) is 2.20. The molecule has 0 amide bonds. The van der Waals surface area contributed by atoms with Crippen LogP contribution in [0.15, 0.2) is 23.1 Å². The van der Waals surface area contributed by atoms with Crippen LogP contribution in [-0.2, 0) is 10.8 Å². The van der Waals surface area contributed by atoms with Crippen LogP contribution in [0.5, 0.6) is 0 Å². The van der Waals surface area contributed by atoms with Crippen molar-refractivity contribution in [3.8, 4) is 0 Å². The van der Waals surface area contributed by atoms with Crippen molar-refractivity contribution in [2.75, 3.05) is 7.05 Å². The molecule has 1 aliphatic rings. The van der Waals surface area contributed by atoms with E-state index >= 15 is 0 Å². The van der Waals surface area contributed by atoms with Crippen LogP contribution >= 0.6 is 0 Å². The Morgan fingerprint density at radius 3 is 2.56 bits per heavy atom. The molecule has 0 aliphatic heterocycles. The second-order valence-corrected chi connectivity index (χ2v) is 7.08. The van der Waals surface area contributed by atoms with E-state index in [0.29, 0.717) is 17.2 Å². The Bertz CT molecular complexity index is 458. The first kappa shape index (κ1) is 13.8. The van der Waals surface area contributed by atoms with Crippen molar-refractivity contribution in [2.45, 2.75) is 49.8 Å². The monoisotopic (exact) mass is 265 g/mol. The van der Waals surface area contributed by atoms with E-state index in [9.17, 15) is 4.21 Å². The van der Waals surface area contributed by atoms with Gasteiger partial charge in [-0.05, 0) is 51.3 Å². The second-order valence-electron chi connectivity index (χ2n) is 5.44. The summed E-state index contributed by atoms with van der Waals surface area (Å²) < 4.78 is 12.7. The predicted octanol–water partition coefficient (Wildman–Crippen LogP) is 2.80. The molecule has 1 N–H and O–H groups in total. The summed E-state index contributed by atoms with van der Waals surface area (Å²) >= 11 is 0. The third-order valence-electron chi connectivity index (χ3n) is 4.18. The van der Waals surface area contributed by atoms with Crippen molar-refractivity contribution < 1.29 is 4.21 Å². The highest BCUT2D eigenvalue weighted by molar-refractivity contribution is 7.85. The van der Waals surface area contributed by atoms with E-state index in [4.69, 9.17) is 0 Å². The van der Waals surface area contributed by atoms with Gasteiger partial charge in [-0.3, -0.25) is 4.21 Å². The molecule has 1 aromatic carbocycles. The molecule has 4 unspecified atom stereocenters. The molecule has 0 spiro atoms. The predicted molar refractivity (Wildman–Crippen MR) is 77.4 cm³/mol. The third-order valence-corrected chi connectivity index (χ3v) is 6.28. The average molecular weight is 265 g/mol. The second kappa shape index (κ2) is 5.54. The molecule has 1 saturated carbocycles. The standard InChI is InChI=1S/C15H23NOS/c1-10-5-7-14(11(2)9-10)18(17)15-8-6-13(16-4)12(15)3/h5,7,9,12-13,15-16H,6,8H2,1-4H3. The van der Waals surface area contributed by atoms with Crippen molar-refractivity contribution in [1.29, 1.82) is 0 Å². The van der Waals surface area contributed by atoms with Gasteiger partial charge >= 0.3 is 0 Å². The normalized spacial score (nSPS) is 29.4. The molecule has 2 nitrogen and oxygen atoms in total. The largest absolute Gasteiger partial charge is 0.317 e. The highest BCUT2D eigenvalue weighted by Crippen LogP contribution is 2.33. The maximum absolute atomic E-state index is 12.7.